The molecular weight excluding hydrogens is 276 g/mol. The first-order chi connectivity index (χ1) is 9.67. The Hall–Kier alpha value is -2.34. The second kappa shape index (κ2) is 4.97. The summed E-state index contributed by atoms with van der Waals surface area (Å²) in [6, 6.07) is 7.67. The highest BCUT2D eigenvalue weighted by atomic mass is 35.5. The molecule has 0 aliphatic rings. The number of nitrogens with two attached hydrogens (primary N) is 1. The molecule has 2 aromatic heterocycles. The maximum absolute atomic E-state index is 5.99. The summed E-state index contributed by atoms with van der Waals surface area (Å²) in [5.41, 5.74) is 9.08. The molecule has 3 rings (SSSR count). The molecule has 0 saturated heterocycles. The van der Waals surface area contributed by atoms with Crippen molar-refractivity contribution in [2.75, 3.05) is 18.1 Å². The van der Waals surface area contributed by atoms with Gasteiger partial charge in [0.25, 0.3) is 0 Å². The van der Waals surface area contributed by atoms with Crippen LogP contribution in [0.2, 0.25) is 5.02 Å². The van der Waals surface area contributed by atoms with Crippen LogP contribution in [0.1, 0.15) is 11.3 Å². The second-order valence-corrected chi connectivity index (χ2v) is 4.82. The molecule has 0 aliphatic carbocycles. The lowest BCUT2D eigenvalue weighted by molar-refractivity contribution is 1.01. The third-order valence-electron chi connectivity index (χ3n) is 3.00. The van der Waals surface area contributed by atoms with Gasteiger partial charge in [-0.15, -0.1) is 0 Å². The second-order valence-electron chi connectivity index (χ2n) is 4.39. The molecule has 0 fully saturated rings. The molecule has 0 bridgehead atoms. The van der Waals surface area contributed by atoms with E-state index in [1.807, 2.05) is 24.3 Å². The first-order valence-corrected chi connectivity index (χ1v) is 6.48. The van der Waals surface area contributed by atoms with Crippen molar-refractivity contribution in [1.82, 2.24) is 20.2 Å². The molecule has 1 aromatic carbocycles. The Kier molecular flexibility index (Phi) is 3.15. The number of aromatic nitrogens is 4. The van der Waals surface area contributed by atoms with Crippen molar-refractivity contribution >= 4 is 34.4 Å². The van der Waals surface area contributed by atoms with Crippen LogP contribution < -0.4 is 11.1 Å². The minimum atomic E-state index is 0.218. The summed E-state index contributed by atoms with van der Waals surface area (Å²) in [7, 11) is 1.77. The first-order valence-electron chi connectivity index (χ1n) is 6.10. The van der Waals surface area contributed by atoms with Crippen LogP contribution in [0.5, 0.6) is 0 Å². The third-order valence-corrected chi connectivity index (χ3v) is 3.23. The number of rotatable bonds is 3. The number of nitrogens with zero attached hydrogens (tertiary/aromatic N) is 3. The zero-order valence-electron chi connectivity index (χ0n) is 10.8. The Bertz CT molecular complexity index is 767. The maximum Gasteiger partial charge on any atom is 0.222 e. The predicted octanol–water partition coefficient (Wildman–Crippen LogP) is 2.22. The van der Waals surface area contributed by atoms with Gasteiger partial charge in [-0.3, -0.25) is 5.10 Å². The molecule has 0 amide bonds. The number of halogens is 1. The number of H-pyrrole nitrogens is 1. The average Bonchev–Trinajstić information content (AvgIpc) is 2.81. The molecule has 20 heavy (non-hydrogen) atoms. The maximum atomic E-state index is 5.99. The van der Waals surface area contributed by atoms with E-state index in [0.29, 0.717) is 22.8 Å². The molecule has 6 nitrogen and oxygen atoms in total. The summed E-state index contributed by atoms with van der Waals surface area (Å²) < 4.78 is 0. The Morgan fingerprint density at radius 3 is 2.90 bits per heavy atom. The smallest absolute Gasteiger partial charge is 0.222 e. The zero-order chi connectivity index (χ0) is 14.1. The Morgan fingerprint density at radius 2 is 2.15 bits per heavy atom. The molecule has 0 saturated carbocycles. The molecule has 4 N–H and O–H groups in total. The fourth-order valence-electron chi connectivity index (χ4n) is 2.11. The normalized spacial score (nSPS) is 10.9. The van der Waals surface area contributed by atoms with Crippen molar-refractivity contribution in [2.24, 2.45) is 0 Å². The van der Waals surface area contributed by atoms with Crippen molar-refractivity contribution in [1.29, 1.82) is 0 Å². The topological polar surface area (TPSA) is 92.5 Å². The lowest BCUT2D eigenvalue weighted by atomic mass is 10.1. The van der Waals surface area contributed by atoms with E-state index in [0.717, 1.165) is 16.8 Å². The molecule has 0 spiro atoms. The Balaban J connectivity index is 2.06. The van der Waals surface area contributed by atoms with Gasteiger partial charge in [0.05, 0.1) is 5.69 Å². The van der Waals surface area contributed by atoms with Gasteiger partial charge in [-0.2, -0.15) is 10.1 Å². The van der Waals surface area contributed by atoms with E-state index in [2.05, 4.69) is 25.5 Å². The highest BCUT2D eigenvalue weighted by Crippen LogP contribution is 2.23. The summed E-state index contributed by atoms with van der Waals surface area (Å²) in [4.78, 5) is 8.37. The SMILES string of the molecule is CNc1nc(N)nc2c(Cc3cccc(Cl)c3)[nH]nc12. The van der Waals surface area contributed by atoms with Crippen LogP contribution in [0.4, 0.5) is 11.8 Å². The van der Waals surface area contributed by atoms with Crippen LogP contribution in [0.15, 0.2) is 24.3 Å². The van der Waals surface area contributed by atoms with Crippen LogP contribution in [0, 0.1) is 0 Å². The number of fused-ring (bicyclic) bond motifs is 1. The highest BCUT2D eigenvalue weighted by molar-refractivity contribution is 6.30. The first kappa shape index (κ1) is 12.7. The number of nitrogen functional groups attached to an aromatic ring is 1. The summed E-state index contributed by atoms with van der Waals surface area (Å²) in [6.07, 6.45) is 0.649. The lowest BCUT2D eigenvalue weighted by Gasteiger charge is -2.02. The van der Waals surface area contributed by atoms with Gasteiger partial charge in [-0.25, -0.2) is 4.98 Å². The fourth-order valence-corrected chi connectivity index (χ4v) is 2.33. The number of nitrogens with one attached hydrogen (secondary N) is 2. The van der Waals surface area contributed by atoms with Crippen LogP contribution in [-0.2, 0) is 6.42 Å². The number of hydrogen-bond donors (Lipinski definition) is 3. The van der Waals surface area contributed by atoms with Crippen molar-refractivity contribution < 1.29 is 0 Å². The summed E-state index contributed by atoms with van der Waals surface area (Å²) >= 11 is 5.99. The number of anilines is 2. The molecule has 0 aliphatic heterocycles. The van der Waals surface area contributed by atoms with E-state index >= 15 is 0 Å². The van der Waals surface area contributed by atoms with Gasteiger partial charge in [0.2, 0.25) is 5.95 Å². The number of hydrogen-bond acceptors (Lipinski definition) is 5. The van der Waals surface area contributed by atoms with Gasteiger partial charge < -0.3 is 11.1 Å². The number of aromatic amines is 1. The zero-order valence-corrected chi connectivity index (χ0v) is 11.6. The van der Waals surface area contributed by atoms with E-state index < -0.39 is 0 Å². The monoisotopic (exact) mass is 288 g/mol. The van der Waals surface area contributed by atoms with Gasteiger partial charge in [-0.05, 0) is 17.7 Å². The van der Waals surface area contributed by atoms with Gasteiger partial charge in [-0.1, -0.05) is 23.7 Å². The summed E-state index contributed by atoms with van der Waals surface area (Å²) in [5, 5.41) is 10.9. The fraction of sp³-hybridized carbons (Fsp3) is 0.154. The van der Waals surface area contributed by atoms with Crippen LogP contribution in [0.25, 0.3) is 11.0 Å². The molecule has 0 atom stereocenters. The van der Waals surface area contributed by atoms with Crippen LogP contribution >= 0.6 is 11.6 Å². The standard InChI is InChI=1S/C13H13ClN6/c1-16-12-11-10(17-13(15)18-12)9(19-20-11)6-7-3-2-4-8(14)5-7/h2-5H,6H2,1H3,(H,19,20)(H3,15,16,17,18). The molecule has 102 valence electrons. The quantitative estimate of drug-likeness (QED) is 0.687. The average molecular weight is 289 g/mol. The number of benzene rings is 1. The Labute approximate surface area is 120 Å². The largest absolute Gasteiger partial charge is 0.371 e. The Morgan fingerprint density at radius 1 is 1.30 bits per heavy atom. The lowest BCUT2D eigenvalue weighted by Crippen LogP contribution is -2.01. The van der Waals surface area contributed by atoms with E-state index in [9.17, 15) is 0 Å². The predicted molar refractivity (Wildman–Crippen MR) is 79.9 cm³/mol. The van der Waals surface area contributed by atoms with Gasteiger partial charge >= 0.3 is 0 Å². The molecule has 7 heteroatoms. The van der Waals surface area contributed by atoms with Crippen molar-refractivity contribution in [3.05, 3.63) is 40.5 Å². The molecular formula is C13H13ClN6. The highest BCUT2D eigenvalue weighted by Gasteiger charge is 2.13. The molecule has 0 radical (unpaired) electrons. The van der Waals surface area contributed by atoms with Crippen molar-refractivity contribution in [3.63, 3.8) is 0 Å². The van der Waals surface area contributed by atoms with Crippen molar-refractivity contribution in [3.8, 4) is 0 Å². The summed E-state index contributed by atoms with van der Waals surface area (Å²) in [6.45, 7) is 0. The third kappa shape index (κ3) is 2.25. The summed E-state index contributed by atoms with van der Waals surface area (Å²) in [5.74, 6) is 0.830. The van der Waals surface area contributed by atoms with Gasteiger partial charge in [0, 0.05) is 18.5 Å². The van der Waals surface area contributed by atoms with Crippen LogP contribution in [0.3, 0.4) is 0 Å². The van der Waals surface area contributed by atoms with E-state index in [1.54, 1.807) is 7.05 Å². The molecule has 2 heterocycles. The van der Waals surface area contributed by atoms with Crippen LogP contribution in [-0.4, -0.2) is 27.2 Å². The molecule has 3 aromatic rings. The van der Waals surface area contributed by atoms with E-state index in [4.69, 9.17) is 17.3 Å². The van der Waals surface area contributed by atoms with E-state index in [1.165, 1.54) is 0 Å². The van der Waals surface area contributed by atoms with Crippen molar-refractivity contribution in [2.45, 2.75) is 6.42 Å². The molecule has 0 unspecified atom stereocenters. The minimum Gasteiger partial charge on any atom is -0.371 e. The minimum absolute atomic E-state index is 0.218. The van der Waals surface area contributed by atoms with Gasteiger partial charge in [0.15, 0.2) is 11.3 Å². The van der Waals surface area contributed by atoms with Gasteiger partial charge in [0.1, 0.15) is 5.52 Å². The van der Waals surface area contributed by atoms with E-state index in [-0.39, 0.29) is 5.95 Å².